The van der Waals surface area contributed by atoms with Gasteiger partial charge in [-0.1, -0.05) is 53.8 Å². The highest BCUT2D eigenvalue weighted by atomic mass is 32.1. The summed E-state index contributed by atoms with van der Waals surface area (Å²) in [4.78, 5) is 22.8. The Hall–Kier alpha value is -3.32. The molecule has 0 saturated carbocycles. The highest BCUT2D eigenvalue weighted by molar-refractivity contribution is 7.16. The summed E-state index contributed by atoms with van der Waals surface area (Å²) in [6, 6.07) is 20.0. The van der Waals surface area contributed by atoms with Crippen molar-refractivity contribution in [3.8, 4) is 11.1 Å². The Kier molecular flexibility index (Phi) is 4.96. The molecule has 0 atom stereocenters. The highest BCUT2D eigenvalue weighted by Crippen LogP contribution is 2.22. The quantitative estimate of drug-likeness (QED) is 0.427. The molecule has 1 amide bonds. The molecule has 0 fully saturated rings. The number of nitrogens with zero attached hydrogens (tertiary/aromatic N) is 2. The zero-order chi connectivity index (χ0) is 17.6. The molecule has 0 aliphatic rings. The lowest BCUT2D eigenvalue weighted by atomic mass is 10.0. The van der Waals surface area contributed by atoms with Crippen LogP contribution in [0.2, 0.25) is 0 Å². The lowest BCUT2D eigenvalue weighted by Crippen LogP contribution is -2.17. The standard InChI is InChI=1S/C18H13N3O3S/c22-18(20-19-12-16-10-11-17(25-16)21(23)24)15-8-6-14(7-9-15)13-4-2-1-3-5-13/h1-12H,(H,20,22)/b19-12-. The molecule has 3 aromatic rings. The van der Waals surface area contributed by atoms with Gasteiger partial charge in [0.05, 0.1) is 16.0 Å². The van der Waals surface area contributed by atoms with Crippen LogP contribution in [0.25, 0.3) is 11.1 Å². The highest BCUT2D eigenvalue weighted by Gasteiger charge is 2.08. The zero-order valence-corrected chi connectivity index (χ0v) is 13.8. The normalized spacial score (nSPS) is 10.7. The predicted molar refractivity (Wildman–Crippen MR) is 97.9 cm³/mol. The Labute approximate surface area is 147 Å². The first-order valence-corrected chi connectivity index (χ1v) is 8.18. The van der Waals surface area contributed by atoms with Crippen LogP contribution in [0.4, 0.5) is 5.00 Å². The number of hydrazone groups is 1. The molecule has 1 heterocycles. The number of hydrogen-bond donors (Lipinski definition) is 1. The molecule has 6 nitrogen and oxygen atoms in total. The largest absolute Gasteiger partial charge is 0.324 e. The van der Waals surface area contributed by atoms with E-state index in [4.69, 9.17) is 0 Å². The first-order chi connectivity index (χ1) is 12.1. The van der Waals surface area contributed by atoms with E-state index in [2.05, 4.69) is 10.5 Å². The summed E-state index contributed by atoms with van der Waals surface area (Å²) in [6.45, 7) is 0. The van der Waals surface area contributed by atoms with Gasteiger partial charge in [-0.25, -0.2) is 5.43 Å². The number of nitrogens with one attached hydrogen (secondary N) is 1. The maximum Gasteiger partial charge on any atom is 0.324 e. The molecule has 0 aliphatic heterocycles. The third-order valence-corrected chi connectivity index (χ3v) is 4.38. The summed E-state index contributed by atoms with van der Waals surface area (Å²) in [7, 11) is 0. The van der Waals surface area contributed by atoms with Gasteiger partial charge in [-0.15, -0.1) is 0 Å². The van der Waals surface area contributed by atoms with Gasteiger partial charge in [0, 0.05) is 11.6 Å². The molecule has 1 aromatic heterocycles. The summed E-state index contributed by atoms with van der Waals surface area (Å²) in [5.41, 5.74) is 4.99. The molecule has 0 aliphatic carbocycles. The molecular formula is C18H13N3O3S. The first-order valence-electron chi connectivity index (χ1n) is 7.36. The molecule has 0 bridgehead atoms. The molecule has 1 N–H and O–H groups in total. The smallest absolute Gasteiger partial charge is 0.267 e. The molecule has 2 aromatic carbocycles. The van der Waals surface area contributed by atoms with Gasteiger partial charge in [0.25, 0.3) is 5.91 Å². The predicted octanol–water partition coefficient (Wildman–Crippen LogP) is 4.09. The first kappa shape index (κ1) is 16.5. The second kappa shape index (κ2) is 7.50. The van der Waals surface area contributed by atoms with E-state index >= 15 is 0 Å². The maximum absolute atomic E-state index is 12.1. The van der Waals surface area contributed by atoms with Crippen LogP contribution in [0, 0.1) is 10.1 Å². The Balaban J connectivity index is 1.63. The summed E-state index contributed by atoms with van der Waals surface area (Å²) >= 11 is 0.988. The topological polar surface area (TPSA) is 84.6 Å². The van der Waals surface area contributed by atoms with Gasteiger partial charge in [0.1, 0.15) is 0 Å². The fraction of sp³-hybridized carbons (Fsp3) is 0. The lowest BCUT2D eigenvalue weighted by Gasteiger charge is -2.03. The van der Waals surface area contributed by atoms with Gasteiger partial charge < -0.3 is 0 Å². The van der Waals surface area contributed by atoms with Crippen molar-refractivity contribution in [1.82, 2.24) is 5.43 Å². The summed E-state index contributed by atoms with van der Waals surface area (Å²) in [6.07, 6.45) is 1.38. The minimum absolute atomic E-state index is 0.0317. The van der Waals surface area contributed by atoms with Crippen LogP contribution in [0.15, 0.2) is 71.8 Å². The zero-order valence-electron chi connectivity index (χ0n) is 13.0. The van der Waals surface area contributed by atoms with Crippen LogP contribution in [0.1, 0.15) is 15.2 Å². The van der Waals surface area contributed by atoms with E-state index in [0.717, 1.165) is 22.5 Å². The van der Waals surface area contributed by atoms with E-state index in [1.165, 1.54) is 12.3 Å². The van der Waals surface area contributed by atoms with Gasteiger partial charge in [0.15, 0.2) is 0 Å². The SMILES string of the molecule is O=C(N/N=C\c1ccc([N+](=O)[O-])s1)c1ccc(-c2ccccc2)cc1. The van der Waals surface area contributed by atoms with E-state index in [1.54, 1.807) is 18.2 Å². The fourth-order valence-corrected chi connectivity index (χ4v) is 2.87. The number of carbonyl (C=O) groups is 1. The molecule has 0 radical (unpaired) electrons. The van der Waals surface area contributed by atoms with E-state index in [9.17, 15) is 14.9 Å². The molecule has 0 unspecified atom stereocenters. The van der Waals surface area contributed by atoms with E-state index in [-0.39, 0.29) is 10.9 Å². The molecule has 0 spiro atoms. The van der Waals surface area contributed by atoms with Crippen molar-refractivity contribution < 1.29 is 9.72 Å². The van der Waals surface area contributed by atoms with Gasteiger partial charge in [-0.2, -0.15) is 5.10 Å². The Bertz CT molecular complexity index is 918. The van der Waals surface area contributed by atoms with Crippen molar-refractivity contribution in [2.75, 3.05) is 0 Å². The molecule has 3 rings (SSSR count). The Morgan fingerprint density at radius 2 is 1.68 bits per heavy atom. The van der Waals surface area contributed by atoms with Crippen LogP contribution >= 0.6 is 11.3 Å². The molecule has 25 heavy (non-hydrogen) atoms. The van der Waals surface area contributed by atoms with Crippen molar-refractivity contribution in [3.63, 3.8) is 0 Å². The maximum atomic E-state index is 12.1. The van der Waals surface area contributed by atoms with E-state index in [1.807, 2.05) is 42.5 Å². The van der Waals surface area contributed by atoms with Crippen molar-refractivity contribution in [1.29, 1.82) is 0 Å². The van der Waals surface area contributed by atoms with Gasteiger partial charge >= 0.3 is 5.00 Å². The molecule has 7 heteroatoms. The number of amides is 1. The van der Waals surface area contributed by atoms with Crippen molar-refractivity contribution in [3.05, 3.63) is 87.3 Å². The fourth-order valence-electron chi connectivity index (χ4n) is 2.17. The molecule has 0 saturated heterocycles. The minimum Gasteiger partial charge on any atom is -0.267 e. The summed E-state index contributed by atoms with van der Waals surface area (Å²) in [5.74, 6) is -0.345. The van der Waals surface area contributed by atoms with Gasteiger partial charge in [-0.3, -0.25) is 14.9 Å². The van der Waals surface area contributed by atoms with Crippen LogP contribution in [0.3, 0.4) is 0 Å². The number of rotatable bonds is 5. The van der Waals surface area contributed by atoms with Crippen LogP contribution in [-0.2, 0) is 0 Å². The third-order valence-electron chi connectivity index (χ3n) is 3.40. The van der Waals surface area contributed by atoms with E-state index < -0.39 is 4.92 Å². The number of benzene rings is 2. The van der Waals surface area contributed by atoms with Crippen LogP contribution in [-0.4, -0.2) is 17.0 Å². The monoisotopic (exact) mass is 351 g/mol. The summed E-state index contributed by atoms with van der Waals surface area (Å²) in [5, 5.41) is 14.5. The number of hydrogen-bond acceptors (Lipinski definition) is 5. The number of carbonyl (C=O) groups excluding carboxylic acids is 1. The van der Waals surface area contributed by atoms with E-state index in [0.29, 0.717) is 10.4 Å². The second-order valence-corrected chi connectivity index (χ2v) is 6.17. The van der Waals surface area contributed by atoms with Gasteiger partial charge in [0.2, 0.25) is 0 Å². The summed E-state index contributed by atoms with van der Waals surface area (Å²) < 4.78 is 0. The van der Waals surface area contributed by atoms with Crippen molar-refractivity contribution in [2.45, 2.75) is 0 Å². The van der Waals surface area contributed by atoms with Crippen molar-refractivity contribution >= 4 is 28.5 Å². The number of thiophene rings is 1. The average molecular weight is 351 g/mol. The lowest BCUT2D eigenvalue weighted by molar-refractivity contribution is -0.380. The second-order valence-electron chi connectivity index (χ2n) is 5.08. The Morgan fingerprint density at radius 1 is 1.00 bits per heavy atom. The Morgan fingerprint density at radius 3 is 2.32 bits per heavy atom. The minimum atomic E-state index is -0.463. The van der Waals surface area contributed by atoms with Crippen molar-refractivity contribution in [2.24, 2.45) is 5.10 Å². The van der Waals surface area contributed by atoms with Crippen LogP contribution < -0.4 is 5.43 Å². The van der Waals surface area contributed by atoms with Crippen LogP contribution in [0.5, 0.6) is 0 Å². The third kappa shape index (κ3) is 4.15. The average Bonchev–Trinajstić information content (AvgIpc) is 3.12. The number of nitro groups is 1. The molecule has 124 valence electrons. The molecular weight excluding hydrogens is 338 g/mol. The van der Waals surface area contributed by atoms with Gasteiger partial charge in [-0.05, 0) is 29.3 Å².